The number of fused-ring (bicyclic) bond motifs is 1. The minimum absolute atomic E-state index is 0.0612. The molecule has 0 spiro atoms. The smallest absolute Gasteiger partial charge is 0.268 e. The average molecular weight is 463 g/mol. The fraction of sp³-hybridized carbons (Fsp3) is 0.0690. The van der Waals surface area contributed by atoms with Gasteiger partial charge in [0.25, 0.3) is 11.8 Å². The van der Waals surface area contributed by atoms with Crippen LogP contribution in [0.2, 0.25) is 0 Å². The van der Waals surface area contributed by atoms with Gasteiger partial charge < -0.3 is 0 Å². The van der Waals surface area contributed by atoms with Gasteiger partial charge in [-0.15, -0.1) is 0 Å². The topological polar surface area (TPSA) is 40.6 Å². The lowest BCUT2D eigenvalue weighted by molar-refractivity contribution is -0.120. The molecular formula is C29H22N2O2S. The van der Waals surface area contributed by atoms with Crippen LogP contribution in [0, 0.1) is 13.8 Å². The maximum absolute atomic E-state index is 13.7. The molecule has 1 heterocycles. The van der Waals surface area contributed by atoms with Crippen LogP contribution in [-0.4, -0.2) is 16.9 Å². The summed E-state index contributed by atoms with van der Waals surface area (Å²) in [5.41, 5.74) is 4.23. The minimum atomic E-state index is -0.435. The van der Waals surface area contributed by atoms with Gasteiger partial charge >= 0.3 is 0 Å². The first-order chi connectivity index (χ1) is 16.4. The zero-order valence-electron chi connectivity index (χ0n) is 18.9. The largest absolute Gasteiger partial charge is 0.270 e. The van der Waals surface area contributed by atoms with E-state index in [1.165, 1.54) is 9.80 Å². The Bertz CT molecular complexity index is 1400. The molecule has 2 amide bonds. The van der Waals surface area contributed by atoms with Crippen LogP contribution in [0.25, 0.3) is 16.8 Å². The minimum Gasteiger partial charge on any atom is -0.268 e. The molecule has 166 valence electrons. The maximum atomic E-state index is 13.7. The molecule has 4 aromatic rings. The summed E-state index contributed by atoms with van der Waals surface area (Å²) < 4.78 is 0. The highest BCUT2D eigenvalue weighted by molar-refractivity contribution is 7.81. The Labute approximate surface area is 203 Å². The number of amides is 2. The average Bonchev–Trinajstić information content (AvgIpc) is 2.84. The number of benzene rings is 4. The number of carbonyl (C=O) groups excluding carboxylic acids is 2. The van der Waals surface area contributed by atoms with Gasteiger partial charge in [-0.3, -0.25) is 19.4 Å². The molecular weight excluding hydrogens is 440 g/mol. The number of anilines is 2. The van der Waals surface area contributed by atoms with Crippen molar-refractivity contribution in [3.63, 3.8) is 0 Å². The molecule has 0 aromatic heterocycles. The molecule has 5 heteroatoms. The lowest BCUT2D eigenvalue weighted by atomic mass is 10.00. The summed E-state index contributed by atoms with van der Waals surface area (Å²) in [6.07, 6.45) is 1.68. The SMILES string of the molecule is Cc1ccc(N2C(=O)C(=Cc3cccc4ccccc34)C(=O)N(c3ccc(C)cc3)C2=S)cc1. The molecule has 1 fully saturated rings. The van der Waals surface area contributed by atoms with Gasteiger partial charge in [0.15, 0.2) is 5.11 Å². The number of rotatable bonds is 3. The molecule has 34 heavy (non-hydrogen) atoms. The van der Waals surface area contributed by atoms with E-state index >= 15 is 0 Å². The monoisotopic (exact) mass is 462 g/mol. The van der Waals surface area contributed by atoms with Crippen LogP contribution in [0.5, 0.6) is 0 Å². The number of thiocarbonyl (C=S) groups is 1. The van der Waals surface area contributed by atoms with E-state index in [-0.39, 0.29) is 10.7 Å². The molecule has 1 saturated heterocycles. The summed E-state index contributed by atoms with van der Waals surface area (Å²) in [5, 5.41) is 2.14. The van der Waals surface area contributed by atoms with E-state index in [4.69, 9.17) is 12.2 Å². The van der Waals surface area contributed by atoms with Gasteiger partial charge in [-0.25, -0.2) is 0 Å². The first kappa shape index (κ1) is 21.7. The van der Waals surface area contributed by atoms with Crippen molar-refractivity contribution < 1.29 is 9.59 Å². The third kappa shape index (κ3) is 3.80. The van der Waals surface area contributed by atoms with Crippen molar-refractivity contribution in [3.8, 4) is 0 Å². The Balaban J connectivity index is 1.69. The second kappa shape index (κ2) is 8.69. The summed E-state index contributed by atoms with van der Waals surface area (Å²) >= 11 is 5.71. The highest BCUT2D eigenvalue weighted by Crippen LogP contribution is 2.31. The van der Waals surface area contributed by atoms with Gasteiger partial charge in [0, 0.05) is 0 Å². The van der Waals surface area contributed by atoms with Crippen molar-refractivity contribution in [3.05, 3.63) is 113 Å². The third-order valence-corrected chi connectivity index (χ3v) is 6.32. The lowest BCUT2D eigenvalue weighted by Crippen LogP contribution is -2.56. The van der Waals surface area contributed by atoms with Gasteiger partial charge in [0.1, 0.15) is 5.57 Å². The fourth-order valence-electron chi connectivity index (χ4n) is 4.10. The number of nitrogens with zero attached hydrogens (tertiary/aromatic N) is 2. The van der Waals surface area contributed by atoms with Crippen LogP contribution in [0.15, 0.2) is 96.6 Å². The number of carbonyl (C=O) groups is 2. The van der Waals surface area contributed by atoms with Crippen LogP contribution < -0.4 is 9.80 Å². The Morgan fingerprint density at radius 2 is 1.15 bits per heavy atom. The normalized spacial score (nSPS) is 14.2. The quantitative estimate of drug-likeness (QED) is 0.207. The Hall–Kier alpha value is -4.09. The summed E-state index contributed by atoms with van der Waals surface area (Å²) in [7, 11) is 0. The van der Waals surface area contributed by atoms with Crippen LogP contribution >= 0.6 is 12.2 Å². The zero-order valence-corrected chi connectivity index (χ0v) is 19.7. The van der Waals surface area contributed by atoms with Gasteiger partial charge in [-0.1, -0.05) is 77.9 Å². The van der Waals surface area contributed by atoms with E-state index in [2.05, 4.69) is 0 Å². The summed E-state index contributed by atoms with van der Waals surface area (Å²) in [6.45, 7) is 3.96. The molecule has 0 aliphatic carbocycles. The molecule has 1 aliphatic heterocycles. The van der Waals surface area contributed by atoms with Crippen molar-refractivity contribution in [2.75, 3.05) is 9.80 Å². The molecule has 4 aromatic carbocycles. The van der Waals surface area contributed by atoms with E-state index < -0.39 is 11.8 Å². The van der Waals surface area contributed by atoms with Crippen molar-refractivity contribution >= 4 is 57.4 Å². The standard InChI is InChI=1S/C29H22N2O2S/c1-19-10-14-23(15-11-19)30-27(32)26(18-22-8-5-7-21-6-3-4-9-25(21)22)28(33)31(29(30)34)24-16-12-20(2)13-17-24/h3-18H,1-2H3. The van der Waals surface area contributed by atoms with E-state index in [1.54, 1.807) is 6.08 Å². The molecule has 0 atom stereocenters. The zero-order chi connectivity index (χ0) is 23.8. The van der Waals surface area contributed by atoms with E-state index in [0.29, 0.717) is 11.4 Å². The van der Waals surface area contributed by atoms with Gasteiger partial charge in [0.2, 0.25) is 0 Å². The molecule has 0 bridgehead atoms. The second-order valence-corrected chi connectivity index (χ2v) is 8.73. The number of hydrogen-bond donors (Lipinski definition) is 0. The van der Waals surface area contributed by atoms with Crippen molar-refractivity contribution in [1.82, 2.24) is 0 Å². The fourth-order valence-corrected chi connectivity index (χ4v) is 4.48. The van der Waals surface area contributed by atoms with Crippen LogP contribution in [0.1, 0.15) is 16.7 Å². The van der Waals surface area contributed by atoms with Gasteiger partial charge in [-0.05, 0) is 72.7 Å². The predicted molar refractivity (Wildman–Crippen MR) is 142 cm³/mol. The molecule has 0 saturated carbocycles. The Morgan fingerprint density at radius 3 is 1.71 bits per heavy atom. The highest BCUT2D eigenvalue weighted by atomic mass is 32.1. The Morgan fingerprint density at radius 1 is 0.647 bits per heavy atom. The Kier molecular flexibility index (Phi) is 5.56. The van der Waals surface area contributed by atoms with E-state index in [9.17, 15) is 9.59 Å². The van der Waals surface area contributed by atoms with Gasteiger partial charge in [-0.2, -0.15) is 0 Å². The summed E-state index contributed by atoms with van der Waals surface area (Å²) in [4.78, 5) is 30.3. The van der Waals surface area contributed by atoms with E-state index in [1.807, 2.05) is 105 Å². The molecule has 0 radical (unpaired) electrons. The van der Waals surface area contributed by atoms with Crippen molar-refractivity contribution in [2.45, 2.75) is 13.8 Å². The number of hydrogen-bond acceptors (Lipinski definition) is 3. The first-order valence-electron chi connectivity index (χ1n) is 11.0. The van der Waals surface area contributed by atoms with Crippen molar-refractivity contribution in [2.24, 2.45) is 0 Å². The molecule has 5 rings (SSSR count). The first-order valence-corrected chi connectivity index (χ1v) is 11.4. The number of aryl methyl sites for hydroxylation is 2. The summed E-state index contributed by atoms with van der Waals surface area (Å²) in [6, 6.07) is 28.8. The van der Waals surface area contributed by atoms with Crippen LogP contribution in [0.3, 0.4) is 0 Å². The molecule has 0 unspecified atom stereocenters. The summed E-state index contributed by atoms with van der Waals surface area (Å²) in [5.74, 6) is -0.870. The third-order valence-electron chi connectivity index (χ3n) is 5.96. The molecule has 4 nitrogen and oxygen atoms in total. The van der Waals surface area contributed by atoms with Gasteiger partial charge in [0.05, 0.1) is 11.4 Å². The van der Waals surface area contributed by atoms with Crippen LogP contribution in [0.4, 0.5) is 11.4 Å². The van der Waals surface area contributed by atoms with E-state index in [0.717, 1.165) is 27.5 Å². The maximum Gasteiger partial charge on any atom is 0.270 e. The van der Waals surface area contributed by atoms with Crippen molar-refractivity contribution in [1.29, 1.82) is 0 Å². The predicted octanol–water partition coefficient (Wildman–Crippen LogP) is 6.20. The molecule has 0 N–H and O–H groups in total. The van der Waals surface area contributed by atoms with Crippen LogP contribution in [-0.2, 0) is 9.59 Å². The highest BCUT2D eigenvalue weighted by Gasteiger charge is 2.41. The second-order valence-electron chi connectivity index (χ2n) is 8.36. The molecule has 1 aliphatic rings. The lowest BCUT2D eigenvalue weighted by Gasteiger charge is -2.36.